The van der Waals surface area contributed by atoms with Crippen LogP contribution in [0.25, 0.3) is 0 Å². The number of anilines is 1. The number of nitrogens with one attached hydrogen (secondary N) is 1. The van der Waals surface area contributed by atoms with Crippen molar-refractivity contribution in [3.8, 4) is 0 Å². The van der Waals surface area contributed by atoms with Crippen molar-refractivity contribution in [3.05, 3.63) is 71.8 Å². The second kappa shape index (κ2) is 7.02. The molecule has 0 bridgehead atoms. The van der Waals surface area contributed by atoms with Crippen LogP contribution >= 0.6 is 0 Å². The number of halogens is 1. The first-order chi connectivity index (χ1) is 12.0. The molecule has 0 saturated carbocycles. The summed E-state index contributed by atoms with van der Waals surface area (Å²) in [5, 5.41) is 4.09. The van der Waals surface area contributed by atoms with Gasteiger partial charge >= 0.3 is 0 Å². The van der Waals surface area contributed by atoms with E-state index in [1.165, 1.54) is 23.1 Å². The predicted molar refractivity (Wildman–Crippen MR) is 92.2 cm³/mol. The van der Waals surface area contributed by atoms with E-state index in [1.807, 2.05) is 6.92 Å². The molecule has 0 aliphatic rings. The first kappa shape index (κ1) is 17.1. The second-order valence-electron chi connectivity index (χ2n) is 5.50. The molecule has 1 N–H and O–H groups in total. The minimum Gasteiger partial charge on any atom is -0.246 e. The van der Waals surface area contributed by atoms with Gasteiger partial charge in [0.05, 0.1) is 11.4 Å². The summed E-state index contributed by atoms with van der Waals surface area (Å²) in [5.74, 6) is -0.327. The number of nitrogens with zero attached hydrogens (tertiary/aromatic N) is 3. The van der Waals surface area contributed by atoms with Crippen molar-refractivity contribution in [1.29, 1.82) is 0 Å². The van der Waals surface area contributed by atoms with Gasteiger partial charge in [-0.3, -0.25) is 0 Å². The van der Waals surface area contributed by atoms with Crippen LogP contribution in [0.5, 0.6) is 0 Å². The summed E-state index contributed by atoms with van der Waals surface area (Å²) in [6.45, 7) is 2.36. The van der Waals surface area contributed by atoms with Crippen LogP contribution in [0.2, 0.25) is 0 Å². The summed E-state index contributed by atoms with van der Waals surface area (Å²) in [6.07, 6.45) is 2.25. The Morgan fingerprint density at radius 2 is 1.68 bits per heavy atom. The Hall–Kier alpha value is -2.74. The summed E-state index contributed by atoms with van der Waals surface area (Å²) in [4.78, 5) is 4.11. The maximum Gasteiger partial charge on any atom is 0.264 e. The largest absolute Gasteiger partial charge is 0.264 e. The third-order valence-corrected chi connectivity index (χ3v) is 5.01. The Morgan fingerprint density at radius 3 is 2.32 bits per heavy atom. The highest BCUT2D eigenvalue weighted by Crippen LogP contribution is 2.14. The molecule has 6 nitrogen and oxygen atoms in total. The van der Waals surface area contributed by atoms with E-state index in [0.29, 0.717) is 6.54 Å². The molecule has 0 aliphatic heterocycles. The van der Waals surface area contributed by atoms with Crippen molar-refractivity contribution < 1.29 is 12.8 Å². The molecule has 0 fully saturated rings. The first-order valence-corrected chi connectivity index (χ1v) is 9.20. The van der Waals surface area contributed by atoms with Gasteiger partial charge in [0.2, 0.25) is 0 Å². The normalized spacial score (nSPS) is 11.4. The zero-order valence-electron chi connectivity index (χ0n) is 13.6. The standard InChI is InChI=1S/C17H17FN4O2S/c1-2-13-5-9-16(10-6-13)25(23,24)21-17-19-12-22(20-17)11-14-3-7-15(18)8-4-14/h3-10,12H,2,11H2,1H3,(H,20,21). The number of aromatic nitrogens is 3. The van der Waals surface area contributed by atoms with Gasteiger partial charge in [-0.1, -0.05) is 31.2 Å². The lowest BCUT2D eigenvalue weighted by Crippen LogP contribution is -2.14. The summed E-state index contributed by atoms with van der Waals surface area (Å²) >= 11 is 0. The SMILES string of the molecule is CCc1ccc(S(=O)(=O)Nc2ncn(Cc3ccc(F)cc3)n2)cc1. The van der Waals surface area contributed by atoms with Gasteiger partial charge in [-0.05, 0) is 41.8 Å². The molecule has 0 atom stereocenters. The highest BCUT2D eigenvalue weighted by atomic mass is 32.2. The average Bonchev–Trinajstić information content (AvgIpc) is 3.03. The van der Waals surface area contributed by atoms with Gasteiger partial charge in [-0.25, -0.2) is 22.2 Å². The van der Waals surface area contributed by atoms with E-state index in [-0.39, 0.29) is 16.7 Å². The fourth-order valence-corrected chi connectivity index (χ4v) is 3.22. The molecule has 3 aromatic rings. The van der Waals surface area contributed by atoms with E-state index in [4.69, 9.17) is 0 Å². The quantitative estimate of drug-likeness (QED) is 0.733. The lowest BCUT2D eigenvalue weighted by Gasteiger charge is -2.05. The highest BCUT2D eigenvalue weighted by molar-refractivity contribution is 7.92. The molecule has 25 heavy (non-hydrogen) atoms. The van der Waals surface area contributed by atoms with Crippen molar-refractivity contribution >= 4 is 16.0 Å². The summed E-state index contributed by atoms with van der Waals surface area (Å²) in [6, 6.07) is 12.6. The maximum atomic E-state index is 12.9. The maximum absolute atomic E-state index is 12.9. The van der Waals surface area contributed by atoms with E-state index in [0.717, 1.165) is 17.5 Å². The third-order valence-electron chi connectivity index (χ3n) is 3.66. The second-order valence-corrected chi connectivity index (χ2v) is 7.18. The Bertz CT molecular complexity index is 951. The molecule has 0 radical (unpaired) electrons. The predicted octanol–water partition coefficient (Wildman–Crippen LogP) is 2.83. The lowest BCUT2D eigenvalue weighted by molar-refractivity contribution is 0.600. The van der Waals surface area contributed by atoms with Crippen LogP contribution in [-0.4, -0.2) is 23.2 Å². The molecule has 2 aromatic carbocycles. The van der Waals surface area contributed by atoms with Gasteiger partial charge in [0.1, 0.15) is 12.1 Å². The van der Waals surface area contributed by atoms with E-state index in [2.05, 4.69) is 14.8 Å². The minimum atomic E-state index is -3.74. The van der Waals surface area contributed by atoms with Crippen LogP contribution in [0.15, 0.2) is 59.8 Å². The third kappa shape index (κ3) is 4.21. The Morgan fingerprint density at radius 1 is 1.04 bits per heavy atom. The molecule has 0 spiro atoms. The number of aryl methyl sites for hydroxylation is 1. The average molecular weight is 360 g/mol. The lowest BCUT2D eigenvalue weighted by atomic mass is 10.2. The fraction of sp³-hybridized carbons (Fsp3) is 0.176. The van der Waals surface area contributed by atoms with Gasteiger partial charge in [-0.15, -0.1) is 5.10 Å². The van der Waals surface area contributed by atoms with Gasteiger partial charge < -0.3 is 0 Å². The molecule has 130 valence electrons. The highest BCUT2D eigenvalue weighted by Gasteiger charge is 2.16. The number of sulfonamides is 1. The number of hydrogen-bond donors (Lipinski definition) is 1. The fourth-order valence-electron chi connectivity index (χ4n) is 2.28. The Kier molecular flexibility index (Phi) is 4.80. The van der Waals surface area contributed by atoms with Crippen molar-refractivity contribution in [3.63, 3.8) is 0 Å². The molecule has 8 heteroatoms. The Balaban J connectivity index is 1.72. The van der Waals surface area contributed by atoms with Crippen molar-refractivity contribution in [2.24, 2.45) is 0 Å². The monoisotopic (exact) mass is 360 g/mol. The van der Waals surface area contributed by atoms with Crippen molar-refractivity contribution in [2.75, 3.05) is 4.72 Å². The van der Waals surface area contributed by atoms with Crippen LogP contribution in [0.3, 0.4) is 0 Å². The molecule has 0 unspecified atom stereocenters. The molecule has 0 amide bonds. The van der Waals surface area contributed by atoms with Crippen LogP contribution < -0.4 is 4.72 Å². The minimum absolute atomic E-state index is 0.0123. The topological polar surface area (TPSA) is 76.9 Å². The van der Waals surface area contributed by atoms with Gasteiger partial charge in [-0.2, -0.15) is 4.98 Å². The summed E-state index contributed by atoms with van der Waals surface area (Å²) in [5.41, 5.74) is 1.89. The molecule has 3 rings (SSSR count). The summed E-state index contributed by atoms with van der Waals surface area (Å²) in [7, 11) is -3.74. The van der Waals surface area contributed by atoms with E-state index in [9.17, 15) is 12.8 Å². The van der Waals surface area contributed by atoms with Crippen LogP contribution in [-0.2, 0) is 23.0 Å². The van der Waals surface area contributed by atoms with Crippen LogP contribution in [0.1, 0.15) is 18.1 Å². The molecule has 1 heterocycles. The Labute approximate surface area is 145 Å². The molecule has 1 aromatic heterocycles. The van der Waals surface area contributed by atoms with Gasteiger partial charge in [0.25, 0.3) is 16.0 Å². The molecular formula is C17H17FN4O2S. The van der Waals surface area contributed by atoms with Crippen LogP contribution in [0.4, 0.5) is 10.3 Å². The smallest absolute Gasteiger partial charge is 0.246 e. The van der Waals surface area contributed by atoms with Crippen molar-refractivity contribution in [1.82, 2.24) is 14.8 Å². The zero-order chi connectivity index (χ0) is 17.9. The van der Waals surface area contributed by atoms with Gasteiger partial charge in [0.15, 0.2) is 0 Å². The van der Waals surface area contributed by atoms with Gasteiger partial charge in [0, 0.05) is 0 Å². The van der Waals surface area contributed by atoms with E-state index in [1.54, 1.807) is 36.4 Å². The number of benzene rings is 2. The summed E-state index contributed by atoms with van der Waals surface area (Å²) < 4.78 is 41.5. The molecule has 0 saturated heterocycles. The molecule has 0 aliphatic carbocycles. The number of hydrogen-bond acceptors (Lipinski definition) is 4. The first-order valence-electron chi connectivity index (χ1n) is 7.72. The number of rotatable bonds is 6. The zero-order valence-corrected chi connectivity index (χ0v) is 14.4. The van der Waals surface area contributed by atoms with Crippen molar-refractivity contribution in [2.45, 2.75) is 24.8 Å². The van der Waals surface area contributed by atoms with Crippen LogP contribution in [0, 0.1) is 5.82 Å². The molecular weight excluding hydrogens is 343 g/mol. The van der Waals surface area contributed by atoms with E-state index >= 15 is 0 Å². The van der Waals surface area contributed by atoms with E-state index < -0.39 is 10.0 Å².